The number of carbonyl (C=O) groups excluding carboxylic acids is 2. The van der Waals surface area contributed by atoms with Crippen LogP contribution in [0.1, 0.15) is 19.8 Å². The van der Waals surface area contributed by atoms with Crippen molar-refractivity contribution >= 4 is 12.1 Å². The summed E-state index contributed by atoms with van der Waals surface area (Å²) in [6.07, 6.45) is 2.15. The molecule has 0 radical (unpaired) electrons. The van der Waals surface area contributed by atoms with E-state index in [1.165, 1.54) is 20.0 Å². The van der Waals surface area contributed by atoms with E-state index in [1.54, 1.807) is 0 Å². The Hall–Kier alpha value is -1.38. The van der Waals surface area contributed by atoms with Crippen molar-refractivity contribution in [3.05, 3.63) is 0 Å². The zero-order chi connectivity index (χ0) is 19.2. The number of cyclic esters (lactones) is 1. The Morgan fingerprint density at radius 2 is 1.70 bits per heavy atom. The van der Waals surface area contributed by atoms with Gasteiger partial charge in [-0.05, 0) is 38.4 Å². The fourth-order valence-corrected chi connectivity index (χ4v) is 4.28. The summed E-state index contributed by atoms with van der Waals surface area (Å²) in [6.45, 7) is 11.7. The molecule has 3 saturated heterocycles. The third kappa shape index (κ3) is 5.80. The minimum Gasteiger partial charge on any atom is -0.468 e. The van der Waals surface area contributed by atoms with Gasteiger partial charge in [-0.25, -0.2) is 4.79 Å². The van der Waals surface area contributed by atoms with Crippen LogP contribution in [0.25, 0.3) is 0 Å². The normalized spacial score (nSPS) is 26.4. The van der Waals surface area contributed by atoms with Gasteiger partial charge in [-0.1, -0.05) is 6.92 Å². The van der Waals surface area contributed by atoms with Gasteiger partial charge >= 0.3 is 12.1 Å². The van der Waals surface area contributed by atoms with E-state index in [-0.39, 0.29) is 18.2 Å². The quantitative estimate of drug-likeness (QED) is 0.588. The molecule has 3 heterocycles. The molecule has 3 aliphatic heterocycles. The Balaban J connectivity index is 1.36. The number of ether oxygens (including phenoxy) is 2. The summed E-state index contributed by atoms with van der Waals surface area (Å²) in [7, 11) is 1.42. The SMILES string of the molecule is CCN1CCC(CN2CC(CN3CCN(CC(=O)OC)CC3)OC2=O)CC1. The maximum absolute atomic E-state index is 12.2. The first-order valence-electron chi connectivity index (χ1n) is 10.3. The lowest BCUT2D eigenvalue weighted by Gasteiger charge is -2.34. The predicted molar refractivity (Wildman–Crippen MR) is 102 cm³/mol. The number of rotatable bonds is 7. The molecule has 8 heteroatoms. The molecule has 0 spiro atoms. The van der Waals surface area contributed by atoms with Gasteiger partial charge in [0.2, 0.25) is 0 Å². The number of methoxy groups -OCH3 is 1. The molecular formula is C19H34N4O4. The smallest absolute Gasteiger partial charge is 0.410 e. The Labute approximate surface area is 162 Å². The molecule has 3 aliphatic rings. The third-order valence-corrected chi connectivity index (χ3v) is 6.09. The van der Waals surface area contributed by atoms with Crippen LogP contribution in [0.15, 0.2) is 0 Å². The number of hydrogen-bond donors (Lipinski definition) is 0. The molecule has 0 aromatic heterocycles. The van der Waals surface area contributed by atoms with Crippen molar-refractivity contribution in [1.29, 1.82) is 0 Å². The molecule has 0 N–H and O–H groups in total. The van der Waals surface area contributed by atoms with Crippen LogP contribution in [0.3, 0.4) is 0 Å². The Morgan fingerprint density at radius 3 is 2.33 bits per heavy atom. The number of carbonyl (C=O) groups is 2. The van der Waals surface area contributed by atoms with Crippen LogP contribution in [0.4, 0.5) is 4.79 Å². The van der Waals surface area contributed by atoms with Crippen LogP contribution in [0.2, 0.25) is 0 Å². The van der Waals surface area contributed by atoms with Gasteiger partial charge < -0.3 is 19.3 Å². The molecule has 27 heavy (non-hydrogen) atoms. The van der Waals surface area contributed by atoms with Crippen molar-refractivity contribution in [1.82, 2.24) is 19.6 Å². The minimum atomic E-state index is -0.186. The monoisotopic (exact) mass is 382 g/mol. The predicted octanol–water partition coefficient (Wildman–Crippen LogP) is 0.330. The number of esters is 1. The Bertz CT molecular complexity index is 502. The van der Waals surface area contributed by atoms with Gasteiger partial charge in [0.1, 0.15) is 6.10 Å². The minimum absolute atomic E-state index is 0.0413. The molecule has 1 unspecified atom stereocenters. The molecule has 0 bridgehead atoms. The first kappa shape index (κ1) is 20.4. The van der Waals surface area contributed by atoms with E-state index in [0.717, 1.165) is 58.9 Å². The Morgan fingerprint density at radius 1 is 1.04 bits per heavy atom. The first-order chi connectivity index (χ1) is 13.1. The first-order valence-corrected chi connectivity index (χ1v) is 10.3. The van der Waals surface area contributed by atoms with E-state index in [1.807, 2.05) is 4.90 Å². The van der Waals surface area contributed by atoms with Crippen molar-refractivity contribution < 1.29 is 19.1 Å². The molecule has 1 atom stereocenters. The van der Waals surface area contributed by atoms with E-state index in [2.05, 4.69) is 21.6 Å². The Kier molecular flexibility index (Phi) is 7.32. The maximum atomic E-state index is 12.2. The van der Waals surface area contributed by atoms with Crippen molar-refractivity contribution in [3.63, 3.8) is 0 Å². The molecule has 3 fully saturated rings. The fraction of sp³-hybridized carbons (Fsp3) is 0.895. The van der Waals surface area contributed by atoms with Gasteiger partial charge in [-0.3, -0.25) is 14.6 Å². The second kappa shape index (κ2) is 9.71. The lowest BCUT2D eigenvalue weighted by atomic mass is 9.96. The van der Waals surface area contributed by atoms with Gasteiger partial charge in [0.05, 0.1) is 20.2 Å². The fourth-order valence-electron chi connectivity index (χ4n) is 4.28. The van der Waals surface area contributed by atoms with Crippen molar-refractivity contribution in [2.24, 2.45) is 5.92 Å². The zero-order valence-corrected chi connectivity index (χ0v) is 16.8. The topological polar surface area (TPSA) is 65.6 Å². The van der Waals surface area contributed by atoms with Gasteiger partial charge in [-0.15, -0.1) is 0 Å². The zero-order valence-electron chi connectivity index (χ0n) is 16.8. The summed E-state index contributed by atoms with van der Waals surface area (Å²) in [5.74, 6) is 0.412. The third-order valence-electron chi connectivity index (χ3n) is 6.09. The molecule has 0 saturated carbocycles. The lowest BCUT2D eigenvalue weighted by Crippen LogP contribution is -2.50. The summed E-state index contributed by atoms with van der Waals surface area (Å²) in [5, 5.41) is 0. The molecule has 0 aliphatic carbocycles. The van der Waals surface area contributed by atoms with E-state index in [9.17, 15) is 9.59 Å². The van der Waals surface area contributed by atoms with E-state index in [0.29, 0.717) is 19.0 Å². The standard InChI is InChI=1S/C19H34N4O4/c1-3-20-6-4-16(5-7-20)12-23-14-17(27-19(23)25)13-21-8-10-22(11-9-21)15-18(24)26-2/h16-17H,3-15H2,1-2H3. The molecular weight excluding hydrogens is 348 g/mol. The largest absolute Gasteiger partial charge is 0.468 e. The average Bonchev–Trinajstić information content (AvgIpc) is 3.02. The van der Waals surface area contributed by atoms with E-state index >= 15 is 0 Å². The number of amides is 1. The van der Waals surface area contributed by atoms with Gasteiger partial charge in [0, 0.05) is 39.3 Å². The molecule has 8 nitrogen and oxygen atoms in total. The van der Waals surface area contributed by atoms with Crippen LogP contribution < -0.4 is 0 Å². The summed E-state index contributed by atoms with van der Waals surface area (Å²) in [6, 6.07) is 0. The van der Waals surface area contributed by atoms with Crippen LogP contribution in [0, 0.1) is 5.92 Å². The average molecular weight is 383 g/mol. The summed E-state index contributed by atoms with van der Waals surface area (Å²) in [5.41, 5.74) is 0. The van der Waals surface area contributed by atoms with Crippen molar-refractivity contribution in [3.8, 4) is 0 Å². The van der Waals surface area contributed by atoms with Crippen LogP contribution in [-0.2, 0) is 14.3 Å². The van der Waals surface area contributed by atoms with Crippen molar-refractivity contribution in [2.75, 3.05) is 79.1 Å². The van der Waals surface area contributed by atoms with Crippen LogP contribution in [-0.4, -0.2) is 117 Å². The van der Waals surface area contributed by atoms with Crippen LogP contribution >= 0.6 is 0 Å². The highest BCUT2D eigenvalue weighted by molar-refractivity contribution is 5.71. The molecule has 0 aromatic carbocycles. The van der Waals surface area contributed by atoms with Gasteiger partial charge in [0.25, 0.3) is 0 Å². The molecule has 154 valence electrons. The lowest BCUT2D eigenvalue weighted by molar-refractivity contribution is -0.142. The van der Waals surface area contributed by atoms with E-state index in [4.69, 9.17) is 9.47 Å². The molecule has 0 aromatic rings. The second-order valence-electron chi connectivity index (χ2n) is 7.94. The van der Waals surface area contributed by atoms with Crippen LogP contribution in [0.5, 0.6) is 0 Å². The molecule has 3 rings (SSSR count). The second-order valence-corrected chi connectivity index (χ2v) is 7.94. The maximum Gasteiger partial charge on any atom is 0.410 e. The summed E-state index contributed by atoms with van der Waals surface area (Å²) < 4.78 is 10.3. The number of likely N-dealkylation sites (tertiary alicyclic amines) is 1. The van der Waals surface area contributed by atoms with Crippen molar-refractivity contribution in [2.45, 2.75) is 25.9 Å². The number of hydrogen-bond acceptors (Lipinski definition) is 7. The van der Waals surface area contributed by atoms with E-state index < -0.39 is 0 Å². The molecule has 1 amide bonds. The van der Waals surface area contributed by atoms with Gasteiger partial charge in [-0.2, -0.15) is 0 Å². The highest BCUT2D eigenvalue weighted by Gasteiger charge is 2.35. The number of piperazine rings is 1. The summed E-state index contributed by atoms with van der Waals surface area (Å²) >= 11 is 0. The number of piperidine rings is 1. The summed E-state index contributed by atoms with van der Waals surface area (Å²) in [4.78, 5) is 32.4. The number of nitrogens with zero attached hydrogens (tertiary/aromatic N) is 4. The highest BCUT2D eigenvalue weighted by Crippen LogP contribution is 2.22. The highest BCUT2D eigenvalue weighted by atomic mass is 16.6. The van der Waals surface area contributed by atoms with Gasteiger partial charge in [0.15, 0.2) is 0 Å².